The molecule has 2 atom stereocenters. The lowest BCUT2D eigenvalue weighted by Gasteiger charge is -2.18. The number of nitriles is 1. The maximum absolute atomic E-state index is 13.7. The molecule has 0 aliphatic carbocycles. The van der Waals surface area contributed by atoms with Crippen LogP contribution in [0.1, 0.15) is 19.4 Å². The quantitative estimate of drug-likeness (QED) is 0.661. The minimum Gasteiger partial charge on any atom is -0.451 e. The van der Waals surface area contributed by atoms with Gasteiger partial charge in [0.05, 0.1) is 11.6 Å². The monoisotopic (exact) mass is 419 g/mol. The molecule has 10 heteroatoms. The van der Waals surface area contributed by atoms with Crippen molar-refractivity contribution in [3.8, 4) is 6.07 Å². The highest BCUT2D eigenvalue weighted by atomic mass is 32.2. The number of esters is 1. The smallest absolute Gasteiger partial charge is 0.324 e. The highest BCUT2D eigenvalue weighted by Crippen LogP contribution is 2.14. The molecular formula is C19H18FN3O5S. The Morgan fingerprint density at radius 1 is 1.10 bits per heavy atom. The van der Waals surface area contributed by atoms with Crippen LogP contribution in [-0.4, -0.2) is 32.4 Å². The van der Waals surface area contributed by atoms with Crippen LogP contribution in [0.4, 0.5) is 10.1 Å². The Morgan fingerprint density at radius 3 is 2.31 bits per heavy atom. The summed E-state index contributed by atoms with van der Waals surface area (Å²) in [6, 6.07) is 11.3. The Hall–Kier alpha value is -3.29. The highest BCUT2D eigenvalue weighted by molar-refractivity contribution is 7.89. The number of halogens is 1. The molecule has 0 radical (unpaired) electrons. The first kappa shape index (κ1) is 22.0. The number of sulfonamides is 1. The molecule has 2 unspecified atom stereocenters. The molecule has 0 heterocycles. The van der Waals surface area contributed by atoms with E-state index in [0.29, 0.717) is 11.3 Å². The van der Waals surface area contributed by atoms with E-state index in [1.807, 2.05) is 10.8 Å². The highest BCUT2D eigenvalue weighted by Gasteiger charge is 2.27. The van der Waals surface area contributed by atoms with Crippen LogP contribution in [0.5, 0.6) is 0 Å². The molecule has 0 aliphatic rings. The first-order valence-corrected chi connectivity index (χ1v) is 9.90. The van der Waals surface area contributed by atoms with Gasteiger partial charge in [-0.2, -0.15) is 9.98 Å². The molecule has 0 fully saturated rings. The topological polar surface area (TPSA) is 125 Å². The largest absolute Gasteiger partial charge is 0.451 e. The standard InChI is InChI=1S/C19H18FN3O5S/c1-12(23-29(26,27)17-6-4-3-5-16(17)20)19(25)28-13(2)18(24)22-15-9-7-14(11-21)8-10-15/h3-10,12-13,23H,1-2H3,(H,22,24). The van der Waals surface area contributed by atoms with Crippen molar-refractivity contribution >= 4 is 27.6 Å². The van der Waals surface area contributed by atoms with Crippen LogP contribution >= 0.6 is 0 Å². The molecule has 8 nitrogen and oxygen atoms in total. The summed E-state index contributed by atoms with van der Waals surface area (Å²) in [5.41, 5.74) is 0.809. The molecule has 0 aliphatic heterocycles. The molecular weight excluding hydrogens is 401 g/mol. The molecule has 2 N–H and O–H groups in total. The average Bonchev–Trinajstić information content (AvgIpc) is 2.68. The van der Waals surface area contributed by atoms with E-state index in [1.165, 1.54) is 50.2 Å². The number of hydrogen-bond acceptors (Lipinski definition) is 6. The zero-order chi connectivity index (χ0) is 21.6. The van der Waals surface area contributed by atoms with Crippen molar-refractivity contribution in [2.75, 3.05) is 5.32 Å². The fraction of sp³-hybridized carbons (Fsp3) is 0.211. The number of anilines is 1. The van der Waals surface area contributed by atoms with Crippen LogP contribution in [-0.2, 0) is 24.3 Å². The predicted octanol–water partition coefficient (Wildman–Crippen LogP) is 1.93. The molecule has 0 bridgehead atoms. The van der Waals surface area contributed by atoms with Crippen molar-refractivity contribution in [3.05, 3.63) is 59.9 Å². The van der Waals surface area contributed by atoms with Gasteiger partial charge in [-0.25, -0.2) is 12.8 Å². The van der Waals surface area contributed by atoms with Gasteiger partial charge in [0.15, 0.2) is 6.10 Å². The lowest BCUT2D eigenvalue weighted by Crippen LogP contribution is -2.42. The maximum Gasteiger partial charge on any atom is 0.324 e. The third-order valence-corrected chi connectivity index (χ3v) is 5.33. The Morgan fingerprint density at radius 2 is 1.72 bits per heavy atom. The van der Waals surface area contributed by atoms with Crippen molar-refractivity contribution in [1.82, 2.24) is 4.72 Å². The predicted molar refractivity (Wildman–Crippen MR) is 102 cm³/mol. The molecule has 2 aromatic carbocycles. The van der Waals surface area contributed by atoms with E-state index in [9.17, 15) is 22.4 Å². The third-order valence-electron chi connectivity index (χ3n) is 3.76. The van der Waals surface area contributed by atoms with Gasteiger partial charge in [0, 0.05) is 5.69 Å². The van der Waals surface area contributed by atoms with Gasteiger partial charge >= 0.3 is 5.97 Å². The number of nitrogens with zero attached hydrogens (tertiary/aromatic N) is 1. The first-order chi connectivity index (χ1) is 13.6. The summed E-state index contributed by atoms with van der Waals surface area (Å²) in [7, 11) is -4.30. The van der Waals surface area contributed by atoms with Crippen LogP contribution < -0.4 is 10.0 Å². The van der Waals surface area contributed by atoms with E-state index >= 15 is 0 Å². The summed E-state index contributed by atoms with van der Waals surface area (Å²) in [6.45, 7) is 2.53. The molecule has 0 aromatic heterocycles. The van der Waals surface area contributed by atoms with Crippen LogP contribution in [0, 0.1) is 17.1 Å². The summed E-state index contributed by atoms with van der Waals surface area (Å²) in [5.74, 6) is -2.62. The second kappa shape index (κ2) is 9.27. The number of hydrogen-bond donors (Lipinski definition) is 2. The molecule has 29 heavy (non-hydrogen) atoms. The molecule has 0 saturated heterocycles. The molecule has 2 rings (SSSR count). The van der Waals surface area contributed by atoms with Gasteiger partial charge in [-0.15, -0.1) is 0 Å². The normalized spacial score (nSPS) is 13.0. The van der Waals surface area contributed by atoms with Crippen molar-refractivity contribution in [3.63, 3.8) is 0 Å². The number of rotatable bonds is 7. The molecule has 0 spiro atoms. The Bertz CT molecular complexity index is 1050. The van der Waals surface area contributed by atoms with E-state index < -0.39 is 44.8 Å². The van der Waals surface area contributed by atoms with E-state index in [4.69, 9.17) is 10.00 Å². The van der Waals surface area contributed by atoms with Crippen molar-refractivity contribution in [1.29, 1.82) is 5.26 Å². The Labute approximate surface area is 167 Å². The van der Waals surface area contributed by atoms with E-state index in [1.54, 1.807) is 0 Å². The van der Waals surface area contributed by atoms with Crippen LogP contribution in [0.3, 0.4) is 0 Å². The van der Waals surface area contributed by atoms with E-state index in [0.717, 1.165) is 12.1 Å². The summed E-state index contributed by atoms with van der Waals surface area (Å²) in [4.78, 5) is 23.7. The zero-order valence-electron chi connectivity index (χ0n) is 15.5. The second-order valence-electron chi connectivity index (χ2n) is 6.03. The maximum atomic E-state index is 13.7. The lowest BCUT2D eigenvalue weighted by atomic mass is 10.2. The number of carbonyl (C=O) groups is 2. The number of amides is 1. The van der Waals surface area contributed by atoms with Crippen molar-refractivity contribution in [2.24, 2.45) is 0 Å². The molecule has 1 amide bonds. The van der Waals surface area contributed by atoms with E-state index in [-0.39, 0.29) is 0 Å². The Kier molecular flexibility index (Phi) is 7.03. The minimum atomic E-state index is -4.30. The summed E-state index contributed by atoms with van der Waals surface area (Å²) >= 11 is 0. The van der Waals surface area contributed by atoms with Crippen molar-refractivity contribution in [2.45, 2.75) is 30.9 Å². The van der Waals surface area contributed by atoms with Gasteiger partial charge < -0.3 is 10.1 Å². The number of carbonyl (C=O) groups excluding carboxylic acids is 2. The van der Waals surface area contributed by atoms with Crippen LogP contribution in [0.2, 0.25) is 0 Å². The minimum absolute atomic E-state index is 0.394. The number of benzene rings is 2. The molecule has 2 aromatic rings. The number of ether oxygens (including phenoxy) is 1. The summed E-state index contributed by atoms with van der Waals surface area (Å²) in [6.07, 6.45) is -1.22. The van der Waals surface area contributed by atoms with Crippen LogP contribution in [0.15, 0.2) is 53.4 Å². The molecule has 152 valence electrons. The summed E-state index contributed by atoms with van der Waals surface area (Å²) in [5, 5.41) is 11.3. The van der Waals surface area contributed by atoms with Crippen LogP contribution in [0.25, 0.3) is 0 Å². The van der Waals surface area contributed by atoms with Gasteiger partial charge in [-0.05, 0) is 50.2 Å². The third kappa shape index (κ3) is 5.84. The van der Waals surface area contributed by atoms with E-state index in [2.05, 4.69) is 5.32 Å². The zero-order valence-corrected chi connectivity index (χ0v) is 16.4. The second-order valence-corrected chi connectivity index (χ2v) is 7.71. The fourth-order valence-electron chi connectivity index (χ4n) is 2.21. The Balaban J connectivity index is 1.96. The average molecular weight is 419 g/mol. The summed E-state index contributed by atoms with van der Waals surface area (Å²) < 4.78 is 45.1. The number of nitrogens with one attached hydrogen (secondary N) is 2. The van der Waals surface area contributed by atoms with Gasteiger partial charge in [0.2, 0.25) is 10.0 Å². The van der Waals surface area contributed by atoms with Gasteiger partial charge in [0.1, 0.15) is 16.8 Å². The van der Waals surface area contributed by atoms with Gasteiger partial charge in [-0.3, -0.25) is 9.59 Å². The first-order valence-electron chi connectivity index (χ1n) is 8.42. The SMILES string of the molecule is CC(NS(=O)(=O)c1ccccc1F)C(=O)OC(C)C(=O)Nc1ccc(C#N)cc1. The molecule has 0 saturated carbocycles. The van der Waals surface area contributed by atoms with Gasteiger partial charge in [-0.1, -0.05) is 12.1 Å². The lowest BCUT2D eigenvalue weighted by molar-refractivity contribution is -0.154. The van der Waals surface area contributed by atoms with Crippen molar-refractivity contribution < 1.29 is 27.1 Å². The fourth-order valence-corrected chi connectivity index (χ4v) is 3.48. The van der Waals surface area contributed by atoms with Gasteiger partial charge in [0.25, 0.3) is 5.91 Å².